The van der Waals surface area contributed by atoms with Gasteiger partial charge in [-0.25, -0.2) is 0 Å². The maximum Gasteiger partial charge on any atom is 0.193 e. The lowest BCUT2D eigenvalue weighted by molar-refractivity contribution is -0.0413. The number of aliphatic hydroxyl groups excluding tert-OH is 1. The van der Waals surface area contributed by atoms with Gasteiger partial charge in [0.25, 0.3) is 0 Å². The SMILES string of the molecule is Cc1cccc(Cc2cc(C3OCCO3)sc2C(=O)CCCO)c1. The Kier molecular flexibility index (Phi) is 5.79. The van der Waals surface area contributed by atoms with Gasteiger partial charge in [-0.2, -0.15) is 0 Å². The van der Waals surface area contributed by atoms with Gasteiger partial charge in [0.1, 0.15) is 0 Å². The summed E-state index contributed by atoms with van der Waals surface area (Å²) in [7, 11) is 0. The Morgan fingerprint density at radius 1 is 1.29 bits per heavy atom. The van der Waals surface area contributed by atoms with Crippen LogP contribution < -0.4 is 0 Å². The molecule has 24 heavy (non-hydrogen) atoms. The molecule has 0 spiro atoms. The predicted octanol–water partition coefficient (Wildman–Crippen LogP) is 3.65. The lowest BCUT2D eigenvalue weighted by Crippen LogP contribution is -2.02. The van der Waals surface area contributed by atoms with Gasteiger partial charge in [-0.15, -0.1) is 11.3 Å². The van der Waals surface area contributed by atoms with Gasteiger partial charge in [0.05, 0.1) is 23.0 Å². The molecule has 0 saturated carbocycles. The maximum atomic E-state index is 12.5. The molecule has 0 unspecified atom stereocenters. The summed E-state index contributed by atoms with van der Waals surface area (Å²) in [6.07, 6.45) is 1.21. The molecular weight excluding hydrogens is 324 g/mol. The van der Waals surface area contributed by atoms with Gasteiger partial charge < -0.3 is 14.6 Å². The minimum Gasteiger partial charge on any atom is -0.396 e. The number of ketones is 1. The van der Waals surface area contributed by atoms with E-state index in [-0.39, 0.29) is 18.7 Å². The van der Waals surface area contributed by atoms with Crippen LogP contribution in [-0.4, -0.2) is 30.7 Å². The van der Waals surface area contributed by atoms with Crippen LogP contribution in [0.15, 0.2) is 30.3 Å². The van der Waals surface area contributed by atoms with Crippen molar-refractivity contribution >= 4 is 17.1 Å². The van der Waals surface area contributed by atoms with E-state index in [0.717, 1.165) is 15.3 Å². The molecule has 1 aliphatic heterocycles. The number of Topliss-reactive ketones (excluding diaryl/α,β-unsaturated/α-hetero) is 1. The van der Waals surface area contributed by atoms with E-state index in [1.54, 1.807) is 0 Å². The number of carbonyl (C=O) groups excluding carboxylic acids is 1. The lowest BCUT2D eigenvalue weighted by Gasteiger charge is -2.04. The van der Waals surface area contributed by atoms with E-state index < -0.39 is 0 Å². The first-order valence-corrected chi connectivity index (χ1v) is 9.04. The van der Waals surface area contributed by atoms with Gasteiger partial charge in [0.15, 0.2) is 12.1 Å². The minimum atomic E-state index is -0.356. The number of thiophene rings is 1. The van der Waals surface area contributed by atoms with Crippen LogP contribution in [0.25, 0.3) is 0 Å². The van der Waals surface area contributed by atoms with Crippen molar-refractivity contribution < 1.29 is 19.4 Å². The molecule has 2 aromatic rings. The monoisotopic (exact) mass is 346 g/mol. The lowest BCUT2D eigenvalue weighted by atomic mass is 10.0. The van der Waals surface area contributed by atoms with Crippen molar-refractivity contribution in [3.05, 3.63) is 56.8 Å². The summed E-state index contributed by atoms with van der Waals surface area (Å²) in [5.74, 6) is 0.0842. The second-order valence-electron chi connectivity index (χ2n) is 5.99. The molecule has 0 radical (unpaired) electrons. The zero-order valence-electron chi connectivity index (χ0n) is 13.8. The van der Waals surface area contributed by atoms with Gasteiger partial charge in [-0.1, -0.05) is 29.8 Å². The van der Waals surface area contributed by atoms with Crippen molar-refractivity contribution in [3.63, 3.8) is 0 Å². The molecule has 0 amide bonds. The van der Waals surface area contributed by atoms with Crippen molar-refractivity contribution in [2.75, 3.05) is 19.8 Å². The number of hydrogen-bond donors (Lipinski definition) is 1. The van der Waals surface area contributed by atoms with Gasteiger partial charge in [-0.05, 0) is 37.0 Å². The van der Waals surface area contributed by atoms with E-state index in [4.69, 9.17) is 14.6 Å². The van der Waals surface area contributed by atoms with Gasteiger partial charge in [0, 0.05) is 13.0 Å². The number of rotatable bonds is 7. The molecule has 1 aromatic heterocycles. The van der Waals surface area contributed by atoms with Gasteiger partial charge in [0.2, 0.25) is 0 Å². The number of aliphatic hydroxyl groups is 1. The fourth-order valence-electron chi connectivity index (χ4n) is 2.85. The molecular formula is C19H22O4S. The highest BCUT2D eigenvalue weighted by Crippen LogP contribution is 2.34. The van der Waals surface area contributed by atoms with E-state index in [2.05, 4.69) is 25.1 Å². The van der Waals surface area contributed by atoms with Crippen molar-refractivity contribution in [2.24, 2.45) is 0 Å². The Morgan fingerprint density at radius 3 is 2.79 bits per heavy atom. The van der Waals surface area contributed by atoms with Crippen LogP contribution in [0.4, 0.5) is 0 Å². The molecule has 0 aliphatic carbocycles. The Labute approximate surface area is 146 Å². The highest BCUT2D eigenvalue weighted by Gasteiger charge is 2.24. The molecule has 1 fully saturated rings. The Morgan fingerprint density at radius 2 is 2.08 bits per heavy atom. The average molecular weight is 346 g/mol. The van der Waals surface area contributed by atoms with Crippen LogP contribution in [0.3, 0.4) is 0 Å². The molecule has 1 saturated heterocycles. The van der Waals surface area contributed by atoms with Crippen LogP contribution in [0, 0.1) is 6.92 Å². The Hall–Kier alpha value is -1.53. The summed E-state index contributed by atoms with van der Waals surface area (Å²) in [4.78, 5) is 14.2. The van der Waals surface area contributed by atoms with Crippen LogP contribution >= 0.6 is 11.3 Å². The minimum absolute atomic E-state index is 0.0338. The molecule has 0 bridgehead atoms. The summed E-state index contributed by atoms with van der Waals surface area (Å²) in [5, 5.41) is 8.99. The number of carbonyl (C=O) groups is 1. The summed E-state index contributed by atoms with van der Waals surface area (Å²) in [6, 6.07) is 10.4. The summed E-state index contributed by atoms with van der Waals surface area (Å²) < 4.78 is 11.1. The Bertz CT molecular complexity index is 701. The van der Waals surface area contributed by atoms with Crippen molar-refractivity contribution in [1.82, 2.24) is 0 Å². The first kappa shape index (κ1) is 17.3. The highest BCUT2D eigenvalue weighted by molar-refractivity contribution is 7.14. The van der Waals surface area contributed by atoms with E-state index in [0.29, 0.717) is 32.5 Å². The van der Waals surface area contributed by atoms with Crippen molar-refractivity contribution in [3.8, 4) is 0 Å². The smallest absolute Gasteiger partial charge is 0.193 e. The van der Waals surface area contributed by atoms with E-state index >= 15 is 0 Å². The van der Waals surface area contributed by atoms with E-state index in [1.807, 2.05) is 12.1 Å². The van der Waals surface area contributed by atoms with Crippen LogP contribution in [-0.2, 0) is 15.9 Å². The highest BCUT2D eigenvalue weighted by atomic mass is 32.1. The zero-order valence-corrected chi connectivity index (χ0v) is 14.6. The predicted molar refractivity (Wildman–Crippen MR) is 93.6 cm³/mol. The number of aryl methyl sites for hydroxylation is 1. The second kappa shape index (κ2) is 8.03. The van der Waals surface area contributed by atoms with E-state index in [9.17, 15) is 4.79 Å². The molecule has 2 heterocycles. The molecule has 5 heteroatoms. The first-order chi connectivity index (χ1) is 11.7. The largest absolute Gasteiger partial charge is 0.396 e. The molecule has 128 valence electrons. The third-order valence-electron chi connectivity index (χ3n) is 3.97. The van der Waals surface area contributed by atoms with Crippen LogP contribution in [0.2, 0.25) is 0 Å². The van der Waals surface area contributed by atoms with E-state index in [1.165, 1.54) is 22.5 Å². The summed E-state index contributed by atoms with van der Waals surface area (Å²) in [6.45, 7) is 3.27. The molecule has 1 aromatic carbocycles. The van der Waals surface area contributed by atoms with Crippen LogP contribution in [0.5, 0.6) is 0 Å². The van der Waals surface area contributed by atoms with Gasteiger partial charge in [-0.3, -0.25) is 4.79 Å². The quantitative estimate of drug-likeness (QED) is 0.778. The first-order valence-electron chi connectivity index (χ1n) is 8.23. The summed E-state index contributed by atoms with van der Waals surface area (Å²) >= 11 is 1.46. The third-order valence-corrected chi connectivity index (χ3v) is 5.21. The number of ether oxygens (including phenoxy) is 2. The number of hydrogen-bond acceptors (Lipinski definition) is 5. The molecule has 1 aliphatic rings. The number of benzene rings is 1. The fraction of sp³-hybridized carbons (Fsp3) is 0.421. The fourth-order valence-corrected chi connectivity index (χ4v) is 4.00. The second-order valence-corrected chi connectivity index (χ2v) is 7.08. The molecule has 0 atom stereocenters. The average Bonchev–Trinajstić information content (AvgIpc) is 3.22. The topological polar surface area (TPSA) is 55.8 Å². The van der Waals surface area contributed by atoms with Crippen molar-refractivity contribution in [2.45, 2.75) is 32.5 Å². The van der Waals surface area contributed by atoms with Gasteiger partial charge >= 0.3 is 0 Å². The standard InChI is InChI=1S/C19H22O4S/c1-13-4-2-5-14(10-13)11-15-12-17(19-22-8-9-23-19)24-18(15)16(21)6-3-7-20/h2,4-5,10,12,19-20H,3,6-9,11H2,1H3. The van der Waals surface area contributed by atoms with Crippen LogP contribution in [0.1, 0.15) is 50.4 Å². The third kappa shape index (κ3) is 4.11. The molecule has 3 rings (SSSR count). The maximum absolute atomic E-state index is 12.5. The zero-order chi connectivity index (χ0) is 16.9. The molecule has 4 nitrogen and oxygen atoms in total. The Balaban J connectivity index is 1.87. The normalized spacial score (nSPS) is 15.1. The molecule has 1 N–H and O–H groups in total. The van der Waals surface area contributed by atoms with Crippen molar-refractivity contribution in [1.29, 1.82) is 0 Å². The summed E-state index contributed by atoms with van der Waals surface area (Å²) in [5.41, 5.74) is 3.41.